The number of unbranched alkanes of at least 4 members (excludes halogenated alkanes) is 1. The quantitative estimate of drug-likeness (QED) is 0.340. The fourth-order valence-electron chi connectivity index (χ4n) is 1.61. The summed E-state index contributed by atoms with van der Waals surface area (Å²) in [5.41, 5.74) is 0. The minimum absolute atomic E-state index is 0.00436. The number of carbonyl (C=O) groups is 2. The molecule has 2 N–H and O–H groups in total. The van der Waals surface area contributed by atoms with Gasteiger partial charge in [-0.3, -0.25) is 9.59 Å². The van der Waals surface area contributed by atoms with E-state index in [0.29, 0.717) is 38.9 Å². The summed E-state index contributed by atoms with van der Waals surface area (Å²) in [6.07, 6.45) is 2.67. The van der Waals surface area contributed by atoms with Crippen LogP contribution in [0, 0.1) is 11.8 Å². The summed E-state index contributed by atoms with van der Waals surface area (Å²) < 4.78 is 15.4. The van der Waals surface area contributed by atoms with Gasteiger partial charge in [-0.05, 0) is 19.3 Å². The standard InChI is InChI=1S/C17H32O7/c1-14(10-18)12-23-16(20)6-3-4-8-22-9-5-7-17(21)24-13-15(2)11-19/h14-15,18-19H,3-13H2,1-2H3. The number of carbonyl (C=O) groups excluding carboxylic acids is 2. The molecule has 0 aromatic heterocycles. The van der Waals surface area contributed by atoms with Crippen LogP contribution in [0.1, 0.15) is 46.0 Å². The predicted molar refractivity (Wildman–Crippen MR) is 88.3 cm³/mol. The molecule has 0 amide bonds. The maximum absolute atomic E-state index is 11.4. The molecule has 0 bridgehead atoms. The van der Waals surface area contributed by atoms with E-state index >= 15 is 0 Å². The zero-order chi connectivity index (χ0) is 18.2. The molecule has 0 aromatic carbocycles. The van der Waals surface area contributed by atoms with Gasteiger partial charge in [0.1, 0.15) is 0 Å². The smallest absolute Gasteiger partial charge is 0.305 e. The van der Waals surface area contributed by atoms with Gasteiger partial charge in [0, 0.05) is 51.1 Å². The number of rotatable bonds is 15. The zero-order valence-electron chi connectivity index (χ0n) is 14.9. The van der Waals surface area contributed by atoms with E-state index in [-0.39, 0.29) is 50.2 Å². The summed E-state index contributed by atoms with van der Waals surface area (Å²) in [7, 11) is 0. The molecule has 0 fully saturated rings. The molecule has 142 valence electrons. The fourth-order valence-corrected chi connectivity index (χ4v) is 1.61. The first-order chi connectivity index (χ1) is 11.5. The highest BCUT2D eigenvalue weighted by atomic mass is 16.5. The van der Waals surface area contributed by atoms with Crippen LogP contribution < -0.4 is 0 Å². The van der Waals surface area contributed by atoms with Gasteiger partial charge in [-0.25, -0.2) is 0 Å². The molecule has 0 aliphatic carbocycles. The van der Waals surface area contributed by atoms with Crippen LogP contribution in [0.2, 0.25) is 0 Å². The van der Waals surface area contributed by atoms with Gasteiger partial charge in [-0.2, -0.15) is 0 Å². The van der Waals surface area contributed by atoms with Gasteiger partial charge in [0.05, 0.1) is 13.2 Å². The van der Waals surface area contributed by atoms with Crippen molar-refractivity contribution in [1.29, 1.82) is 0 Å². The Kier molecular flexibility index (Phi) is 14.6. The molecule has 0 aromatic rings. The predicted octanol–water partition coefficient (Wildman–Crippen LogP) is 1.30. The van der Waals surface area contributed by atoms with E-state index in [2.05, 4.69) is 0 Å². The van der Waals surface area contributed by atoms with E-state index in [0.717, 1.165) is 6.42 Å². The SMILES string of the molecule is CC(CO)COC(=O)CCCCOCCCC(=O)OCC(C)CO. The first kappa shape index (κ1) is 22.8. The number of aliphatic hydroxyl groups excluding tert-OH is 2. The molecule has 0 heterocycles. The molecular formula is C17H32O7. The number of ether oxygens (including phenoxy) is 3. The topological polar surface area (TPSA) is 102 Å². The number of esters is 2. The zero-order valence-corrected chi connectivity index (χ0v) is 14.9. The van der Waals surface area contributed by atoms with E-state index in [4.69, 9.17) is 24.4 Å². The Bertz CT molecular complexity index is 301. The minimum atomic E-state index is -0.279. The van der Waals surface area contributed by atoms with E-state index < -0.39 is 0 Å². The molecule has 0 radical (unpaired) electrons. The van der Waals surface area contributed by atoms with E-state index in [9.17, 15) is 9.59 Å². The van der Waals surface area contributed by atoms with Crippen molar-refractivity contribution < 1.29 is 34.0 Å². The molecule has 2 unspecified atom stereocenters. The van der Waals surface area contributed by atoms with Crippen LogP contribution in [-0.4, -0.2) is 61.8 Å². The van der Waals surface area contributed by atoms with E-state index in [1.165, 1.54) is 0 Å². The summed E-state index contributed by atoms with van der Waals surface area (Å²) in [5.74, 6) is -0.603. The third-order valence-electron chi connectivity index (χ3n) is 3.27. The molecule has 0 aliphatic heterocycles. The molecule has 0 aliphatic rings. The second kappa shape index (κ2) is 15.4. The highest BCUT2D eigenvalue weighted by Gasteiger charge is 2.07. The lowest BCUT2D eigenvalue weighted by molar-refractivity contribution is -0.146. The van der Waals surface area contributed by atoms with Crippen molar-refractivity contribution in [3.8, 4) is 0 Å². The molecule has 7 nitrogen and oxygen atoms in total. The lowest BCUT2D eigenvalue weighted by Crippen LogP contribution is -2.15. The molecule has 2 atom stereocenters. The molecule has 0 spiro atoms. The van der Waals surface area contributed by atoms with Gasteiger partial charge in [-0.15, -0.1) is 0 Å². The van der Waals surface area contributed by atoms with Crippen LogP contribution in [0.4, 0.5) is 0 Å². The lowest BCUT2D eigenvalue weighted by atomic mass is 10.2. The van der Waals surface area contributed by atoms with Crippen LogP contribution in [0.5, 0.6) is 0 Å². The van der Waals surface area contributed by atoms with Crippen LogP contribution in [0.3, 0.4) is 0 Å². The van der Waals surface area contributed by atoms with Gasteiger partial charge < -0.3 is 24.4 Å². The van der Waals surface area contributed by atoms with Crippen molar-refractivity contribution in [3.63, 3.8) is 0 Å². The van der Waals surface area contributed by atoms with Crippen molar-refractivity contribution in [2.75, 3.05) is 39.6 Å². The summed E-state index contributed by atoms with van der Waals surface area (Å²) in [4.78, 5) is 22.8. The van der Waals surface area contributed by atoms with Gasteiger partial charge in [-0.1, -0.05) is 13.8 Å². The van der Waals surface area contributed by atoms with Crippen molar-refractivity contribution in [1.82, 2.24) is 0 Å². The number of hydrogen-bond donors (Lipinski definition) is 2. The Morgan fingerprint density at radius 1 is 0.792 bits per heavy atom. The molecule has 0 saturated carbocycles. The molecule has 7 heteroatoms. The fraction of sp³-hybridized carbons (Fsp3) is 0.882. The molecular weight excluding hydrogens is 316 g/mol. The summed E-state index contributed by atoms with van der Waals surface area (Å²) in [5, 5.41) is 17.6. The van der Waals surface area contributed by atoms with E-state index in [1.54, 1.807) is 6.92 Å². The Labute approximate surface area is 144 Å². The molecule has 24 heavy (non-hydrogen) atoms. The van der Waals surface area contributed by atoms with E-state index in [1.807, 2.05) is 6.92 Å². The number of aliphatic hydroxyl groups is 2. The molecule has 0 rings (SSSR count). The van der Waals surface area contributed by atoms with Crippen LogP contribution in [0.15, 0.2) is 0 Å². The first-order valence-electron chi connectivity index (χ1n) is 8.60. The summed E-state index contributed by atoms with van der Waals surface area (Å²) in [6.45, 7) is 5.13. The average molecular weight is 348 g/mol. The van der Waals surface area contributed by atoms with Gasteiger partial charge in [0.25, 0.3) is 0 Å². The third-order valence-corrected chi connectivity index (χ3v) is 3.27. The summed E-state index contributed by atoms with van der Waals surface area (Å²) in [6, 6.07) is 0. The number of hydrogen-bond acceptors (Lipinski definition) is 7. The van der Waals surface area contributed by atoms with Crippen molar-refractivity contribution in [2.24, 2.45) is 11.8 Å². The Balaban J connectivity index is 3.36. The van der Waals surface area contributed by atoms with Crippen molar-refractivity contribution >= 4 is 11.9 Å². The monoisotopic (exact) mass is 348 g/mol. The Hall–Kier alpha value is -1.18. The second-order valence-electron chi connectivity index (χ2n) is 6.11. The van der Waals surface area contributed by atoms with Gasteiger partial charge >= 0.3 is 11.9 Å². The van der Waals surface area contributed by atoms with Crippen LogP contribution in [0.25, 0.3) is 0 Å². The highest BCUT2D eigenvalue weighted by Crippen LogP contribution is 2.02. The first-order valence-corrected chi connectivity index (χ1v) is 8.60. The average Bonchev–Trinajstić information content (AvgIpc) is 2.59. The lowest BCUT2D eigenvalue weighted by Gasteiger charge is -2.09. The normalized spacial score (nSPS) is 13.3. The van der Waals surface area contributed by atoms with Crippen molar-refractivity contribution in [3.05, 3.63) is 0 Å². The Morgan fingerprint density at radius 3 is 1.75 bits per heavy atom. The maximum Gasteiger partial charge on any atom is 0.305 e. The van der Waals surface area contributed by atoms with Crippen LogP contribution >= 0.6 is 0 Å². The third kappa shape index (κ3) is 14.4. The minimum Gasteiger partial charge on any atom is -0.465 e. The summed E-state index contributed by atoms with van der Waals surface area (Å²) >= 11 is 0. The maximum atomic E-state index is 11.4. The second-order valence-corrected chi connectivity index (χ2v) is 6.11. The van der Waals surface area contributed by atoms with Gasteiger partial charge in [0.2, 0.25) is 0 Å². The highest BCUT2D eigenvalue weighted by molar-refractivity contribution is 5.69. The van der Waals surface area contributed by atoms with Crippen molar-refractivity contribution in [2.45, 2.75) is 46.0 Å². The molecule has 0 saturated heterocycles. The Morgan fingerprint density at radius 2 is 1.25 bits per heavy atom. The van der Waals surface area contributed by atoms with Crippen LogP contribution in [-0.2, 0) is 23.8 Å². The largest absolute Gasteiger partial charge is 0.465 e. The van der Waals surface area contributed by atoms with Gasteiger partial charge in [0.15, 0.2) is 0 Å².